The van der Waals surface area contributed by atoms with Crippen LogP contribution in [0.1, 0.15) is 12.5 Å². The summed E-state index contributed by atoms with van der Waals surface area (Å²) in [6, 6.07) is 10.5. The van der Waals surface area contributed by atoms with Crippen molar-refractivity contribution in [1.82, 2.24) is 20.5 Å². The summed E-state index contributed by atoms with van der Waals surface area (Å²) in [4.78, 5) is 16.0. The topological polar surface area (TPSA) is 98.3 Å². The number of benzene rings is 1. The molecule has 2 amide bonds. The molecule has 134 valence electrons. The Balaban J connectivity index is 1.54. The maximum Gasteiger partial charge on any atom is 0.321 e. The zero-order valence-electron chi connectivity index (χ0n) is 14.0. The number of nitrogens with one attached hydrogen (secondary N) is 2. The van der Waals surface area contributed by atoms with Gasteiger partial charge in [-0.3, -0.25) is 5.32 Å². The Labute approximate surface area is 154 Å². The van der Waals surface area contributed by atoms with E-state index in [4.69, 9.17) is 9.47 Å². The first-order valence-electron chi connectivity index (χ1n) is 7.89. The van der Waals surface area contributed by atoms with Crippen LogP contribution in [0.3, 0.4) is 0 Å². The van der Waals surface area contributed by atoms with Crippen LogP contribution in [0.15, 0.2) is 48.1 Å². The average molecular weight is 371 g/mol. The number of aromatic nitrogens is 3. The second kappa shape index (κ2) is 8.77. The van der Waals surface area contributed by atoms with Crippen molar-refractivity contribution in [1.29, 1.82) is 0 Å². The molecular formula is C17H17N5O3S. The van der Waals surface area contributed by atoms with Crippen molar-refractivity contribution >= 4 is 22.5 Å². The number of amides is 2. The number of nitrogens with zero attached hydrogens (tertiary/aromatic N) is 3. The summed E-state index contributed by atoms with van der Waals surface area (Å²) >= 11 is 1.25. The van der Waals surface area contributed by atoms with E-state index in [2.05, 4.69) is 25.8 Å². The molecule has 0 bridgehead atoms. The van der Waals surface area contributed by atoms with Gasteiger partial charge in [0.1, 0.15) is 17.0 Å². The molecule has 0 spiro atoms. The van der Waals surface area contributed by atoms with Crippen LogP contribution in [0.25, 0.3) is 0 Å². The number of anilines is 1. The van der Waals surface area contributed by atoms with E-state index in [1.165, 1.54) is 11.3 Å². The molecule has 0 aliphatic heterocycles. The van der Waals surface area contributed by atoms with Gasteiger partial charge in [0, 0.05) is 18.8 Å². The van der Waals surface area contributed by atoms with E-state index in [0.29, 0.717) is 29.9 Å². The molecule has 0 saturated heterocycles. The van der Waals surface area contributed by atoms with E-state index < -0.39 is 0 Å². The van der Waals surface area contributed by atoms with Gasteiger partial charge in [-0.25, -0.2) is 9.78 Å². The maximum atomic E-state index is 11.8. The highest BCUT2D eigenvalue weighted by Crippen LogP contribution is 2.23. The molecule has 0 aliphatic rings. The van der Waals surface area contributed by atoms with Crippen molar-refractivity contribution in [2.45, 2.75) is 13.5 Å². The van der Waals surface area contributed by atoms with Gasteiger partial charge in [-0.15, -0.1) is 10.2 Å². The molecule has 9 heteroatoms. The molecule has 0 unspecified atom stereocenters. The molecule has 0 radical (unpaired) electrons. The average Bonchev–Trinajstić information content (AvgIpc) is 3.15. The zero-order valence-corrected chi connectivity index (χ0v) is 14.8. The molecule has 0 fully saturated rings. The number of pyridine rings is 1. The quantitative estimate of drug-likeness (QED) is 0.660. The van der Waals surface area contributed by atoms with Crippen LogP contribution in [0.2, 0.25) is 0 Å². The minimum absolute atomic E-state index is 0.326. The van der Waals surface area contributed by atoms with Gasteiger partial charge >= 0.3 is 6.03 Å². The third kappa shape index (κ3) is 5.15. The Morgan fingerprint density at radius 3 is 2.73 bits per heavy atom. The molecular weight excluding hydrogens is 354 g/mol. The van der Waals surface area contributed by atoms with E-state index >= 15 is 0 Å². The van der Waals surface area contributed by atoms with Crippen LogP contribution in [-0.2, 0) is 6.54 Å². The van der Waals surface area contributed by atoms with Crippen molar-refractivity contribution in [2.75, 3.05) is 11.9 Å². The van der Waals surface area contributed by atoms with Crippen LogP contribution < -0.4 is 20.1 Å². The van der Waals surface area contributed by atoms with E-state index in [1.54, 1.807) is 23.8 Å². The van der Waals surface area contributed by atoms with Gasteiger partial charge in [-0.05, 0) is 42.8 Å². The third-order valence-corrected chi connectivity index (χ3v) is 3.80. The number of ether oxygens (including phenoxy) is 2. The van der Waals surface area contributed by atoms with Gasteiger partial charge in [0.05, 0.1) is 6.61 Å². The Morgan fingerprint density at radius 2 is 2.00 bits per heavy atom. The number of urea groups is 1. The van der Waals surface area contributed by atoms with Crippen LogP contribution in [0.5, 0.6) is 17.4 Å². The molecule has 2 aromatic heterocycles. The number of hydrogen-bond acceptors (Lipinski definition) is 7. The molecule has 2 N–H and O–H groups in total. The summed E-state index contributed by atoms with van der Waals surface area (Å²) in [7, 11) is 0. The van der Waals surface area contributed by atoms with Gasteiger partial charge in [0.15, 0.2) is 0 Å². The molecule has 3 rings (SSSR count). The Hall–Kier alpha value is -3.20. The van der Waals surface area contributed by atoms with E-state index in [-0.39, 0.29) is 6.03 Å². The van der Waals surface area contributed by atoms with Gasteiger partial charge in [-0.2, -0.15) is 0 Å². The second-order valence-electron chi connectivity index (χ2n) is 5.06. The van der Waals surface area contributed by atoms with Gasteiger partial charge in [-0.1, -0.05) is 11.3 Å². The molecule has 0 aliphatic carbocycles. The van der Waals surface area contributed by atoms with Crippen molar-refractivity contribution in [3.63, 3.8) is 0 Å². The number of hydrogen-bond donors (Lipinski definition) is 2. The smallest absolute Gasteiger partial charge is 0.321 e. The predicted molar refractivity (Wildman–Crippen MR) is 97.7 cm³/mol. The zero-order chi connectivity index (χ0) is 18.2. The fraction of sp³-hybridized carbons (Fsp3) is 0.176. The van der Waals surface area contributed by atoms with Crippen LogP contribution in [0.4, 0.5) is 9.93 Å². The Bertz CT molecular complexity index is 840. The Morgan fingerprint density at radius 1 is 1.19 bits per heavy atom. The van der Waals surface area contributed by atoms with E-state index in [0.717, 1.165) is 11.3 Å². The lowest BCUT2D eigenvalue weighted by Gasteiger charge is -2.09. The molecule has 3 aromatic rings. The largest absolute Gasteiger partial charge is 0.494 e. The van der Waals surface area contributed by atoms with Crippen molar-refractivity contribution in [3.05, 3.63) is 53.7 Å². The van der Waals surface area contributed by atoms with E-state index in [1.807, 2.05) is 31.2 Å². The molecule has 26 heavy (non-hydrogen) atoms. The summed E-state index contributed by atoms with van der Waals surface area (Å²) in [6.07, 6.45) is 1.63. The molecule has 0 atom stereocenters. The number of carbonyl (C=O) groups is 1. The minimum Gasteiger partial charge on any atom is -0.494 e. The summed E-state index contributed by atoms with van der Waals surface area (Å²) in [5.74, 6) is 1.88. The molecule has 2 heterocycles. The summed E-state index contributed by atoms with van der Waals surface area (Å²) in [5.41, 5.74) is 2.40. The monoisotopic (exact) mass is 371 g/mol. The lowest BCUT2D eigenvalue weighted by molar-refractivity contribution is 0.251. The first-order chi connectivity index (χ1) is 12.7. The summed E-state index contributed by atoms with van der Waals surface area (Å²) in [6.45, 7) is 2.87. The first kappa shape index (κ1) is 17.6. The predicted octanol–water partition coefficient (Wildman–Crippen LogP) is 3.45. The highest BCUT2D eigenvalue weighted by Gasteiger charge is 2.06. The van der Waals surface area contributed by atoms with Gasteiger partial charge < -0.3 is 14.8 Å². The first-order valence-corrected chi connectivity index (χ1v) is 8.77. The highest BCUT2D eigenvalue weighted by molar-refractivity contribution is 7.13. The standard InChI is InChI=1S/C17H17N5O3S/c1-2-24-13-3-5-14(6-4-13)25-15-9-12(7-8-18-15)10-19-16(23)21-17-22-20-11-26-17/h3-9,11H,2,10H2,1H3,(H2,19,21,22,23). The Kier molecular flexibility index (Phi) is 5.94. The molecule has 8 nitrogen and oxygen atoms in total. The lowest BCUT2D eigenvalue weighted by Crippen LogP contribution is -2.28. The van der Waals surface area contributed by atoms with E-state index in [9.17, 15) is 4.79 Å². The fourth-order valence-corrected chi connectivity index (χ4v) is 2.50. The highest BCUT2D eigenvalue weighted by atomic mass is 32.1. The van der Waals surface area contributed by atoms with Crippen LogP contribution in [-0.4, -0.2) is 27.8 Å². The van der Waals surface area contributed by atoms with Crippen LogP contribution >= 0.6 is 11.3 Å². The molecule has 0 saturated carbocycles. The van der Waals surface area contributed by atoms with Gasteiger partial charge in [0.25, 0.3) is 0 Å². The summed E-state index contributed by atoms with van der Waals surface area (Å²) in [5, 5.41) is 13.2. The molecule has 1 aromatic carbocycles. The SMILES string of the molecule is CCOc1ccc(Oc2cc(CNC(=O)Nc3nncs3)ccn2)cc1. The van der Waals surface area contributed by atoms with Crippen molar-refractivity contribution in [2.24, 2.45) is 0 Å². The fourth-order valence-electron chi connectivity index (χ4n) is 2.06. The number of rotatable bonds is 7. The maximum absolute atomic E-state index is 11.8. The normalized spacial score (nSPS) is 10.2. The van der Waals surface area contributed by atoms with Crippen molar-refractivity contribution in [3.8, 4) is 17.4 Å². The second-order valence-corrected chi connectivity index (χ2v) is 5.89. The van der Waals surface area contributed by atoms with Crippen LogP contribution in [0, 0.1) is 0 Å². The summed E-state index contributed by atoms with van der Waals surface area (Å²) < 4.78 is 11.1. The van der Waals surface area contributed by atoms with Crippen molar-refractivity contribution < 1.29 is 14.3 Å². The third-order valence-electron chi connectivity index (χ3n) is 3.19. The lowest BCUT2D eigenvalue weighted by atomic mass is 10.2. The number of carbonyl (C=O) groups excluding carboxylic acids is 1. The minimum atomic E-state index is -0.354. The van der Waals surface area contributed by atoms with Gasteiger partial charge in [0.2, 0.25) is 11.0 Å².